The van der Waals surface area contributed by atoms with Crippen LogP contribution in [0.2, 0.25) is 0 Å². The van der Waals surface area contributed by atoms with Crippen molar-refractivity contribution in [2.75, 3.05) is 11.5 Å². The summed E-state index contributed by atoms with van der Waals surface area (Å²) in [7, 11) is 0. The molecule has 0 spiro atoms. The molecule has 1 unspecified atom stereocenters. The third-order valence-electron chi connectivity index (χ3n) is 1.90. The molecule has 2 heteroatoms. The maximum absolute atomic E-state index is 9.01. The van der Waals surface area contributed by atoms with Crippen LogP contribution in [0.3, 0.4) is 0 Å². The molecule has 0 aliphatic rings. The average Bonchev–Trinajstić information content (AvgIpc) is 2.09. The summed E-state index contributed by atoms with van der Waals surface area (Å²) in [6, 6.07) is 0. The quantitative estimate of drug-likeness (QED) is 0.457. The molecule has 0 radical (unpaired) electrons. The van der Waals surface area contributed by atoms with Gasteiger partial charge in [-0.2, -0.15) is 11.8 Å². The largest absolute Gasteiger partial charge is 0.393 e. The van der Waals surface area contributed by atoms with Gasteiger partial charge >= 0.3 is 0 Å². The van der Waals surface area contributed by atoms with Crippen LogP contribution >= 0.6 is 11.8 Å². The Labute approximate surface area is 86.6 Å². The Kier molecular flexibility index (Phi) is 10.2. The topological polar surface area (TPSA) is 20.2 Å². The van der Waals surface area contributed by atoms with Crippen LogP contribution in [0.1, 0.15) is 39.0 Å². The van der Waals surface area contributed by atoms with E-state index in [4.69, 9.17) is 5.11 Å². The maximum Gasteiger partial charge on any atom is 0.0512 e. The Bertz CT molecular complexity index is 113. The third-order valence-corrected chi connectivity index (χ3v) is 2.95. The minimum atomic E-state index is -0.116. The molecule has 0 amide bonds. The first-order valence-corrected chi connectivity index (χ1v) is 6.29. The van der Waals surface area contributed by atoms with E-state index in [1.54, 1.807) is 0 Å². The van der Waals surface area contributed by atoms with Crippen molar-refractivity contribution in [1.29, 1.82) is 0 Å². The lowest BCUT2D eigenvalue weighted by atomic mass is 10.1. The fraction of sp³-hybridized carbons (Fsp3) is 0.818. The molecule has 0 saturated heterocycles. The highest BCUT2D eigenvalue weighted by Crippen LogP contribution is 2.09. The SMILES string of the molecule is C=CCSCCCCCCC(C)O. The minimum absolute atomic E-state index is 0.116. The van der Waals surface area contributed by atoms with E-state index in [0.29, 0.717) is 0 Å². The fourth-order valence-electron chi connectivity index (χ4n) is 1.16. The molecule has 1 N–H and O–H groups in total. The van der Waals surface area contributed by atoms with E-state index in [-0.39, 0.29) is 6.10 Å². The van der Waals surface area contributed by atoms with Gasteiger partial charge in [0.05, 0.1) is 6.10 Å². The molecule has 0 heterocycles. The summed E-state index contributed by atoms with van der Waals surface area (Å²) in [5.41, 5.74) is 0. The van der Waals surface area contributed by atoms with Gasteiger partial charge in [-0.3, -0.25) is 0 Å². The van der Waals surface area contributed by atoms with E-state index in [1.165, 1.54) is 31.4 Å². The number of hydrogen-bond acceptors (Lipinski definition) is 2. The second-order valence-corrected chi connectivity index (χ2v) is 4.57. The van der Waals surface area contributed by atoms with E-state index in [2.05, 4.69) is 6.58 Å². The molecule has 0 saturated carbocycles. The van der Waals surface area contributed by atoms with Crippen molar-refractivity contribution in [2.45, 2.75) is 45.1 Å². The summed E-state index contributed by atoms with van der Waals surface area (Å²) in [6.45, 7) is 5.54. The first kappa shape index (κ1) is 13.1. The van der Waals surface area contributed by atoms with Crippen LogP contribution in [0.4, 0.5) is 0 Å². The summed E-state index contributed by atoms with van der Waals surface area (Å²) in [5.74, 6) is 2.33. The normalized spacial score (nSPS) is 12.8. The smallest absolute Gasteiger partial charge is 0.0512 e. The zero-order chi connectivity index (χ0) is 9.94. The Morgan fingerprint density at radius 3 is 2.62 bits per heavy atom. The molecular weight excluding hydrogens is 180 g/mol. The van der Waals surface area contributed by atoms with Crippen LogP contribution < -0.4 is 0 Å². The summed E-state index contributed by atoms with van der Waals surface area (Å²) < 4.78 is 0. The molecule has 0 aromatic rings. The summed E-state index contributed by atoms with van der Waals surface area (Å²) >= 11 is 1.95. The Morgan fingerprint density at radius 1 is 1.31 bits per heavy atom. The molecule has 0 aliphatic heterocycles. The zero-order valence-corrected chi connectivity index (χ0v) is 9.48. The van der Waals surface area contributed by atoms with Crippen LogP contribution in [-0.4, -0.2) is 22.7 Å². The zero-order valence-electron chi connectivity index (χ0n) is 8.67. The second-order valence-electron chi connectivity index (χ2n) is 3.42. The Balaban J connectivity index is 2.87. The van der Waals surface area contributed by atoms with Crippen LogP contribution in [0.5, 0.6) is 0 Å². The number of thioether (sulfide) groups is 1. The number of hydrogen-bond donors (Lipinski definition) is 1. The molecule has 1 atom stereocenters. The molecule has 13 heavy (non-hydrogen) atoms. The predicted molar refractivity (Wildman–Crippen MR) is 62.3 cm³/mol. The van der Waals surface area contributed by atoms with Crippen molar-refractivity contribution in [3.05, 3.63) is 12.7 Å². The fourth-order valence-corrected chi connectivity index (χ4v) is 1.91. The van der Waals surface area contributed by atoms with Gasteiger partial charge in [0.25, 0.3) is 0 Å². The second kappa shape index (κ2) is 10.1. The van der Waals surface area contributed by atoms with Crippen molar-refractivity contribution in [2.24, 2.45) is 0 Å². The molecule has 0 aromatic heterocycles. The Morgan fingerprint density at radius 2 is 2.00 bits per heavy atom. The highest BCUT2D eigenvalue weighted by Gasteiger charge is 1.95. The average molecular weight is 202 g/mol. The van der Waals surface area contributed by atoms with Gasteiger partial charge in [0.15, 0.2) is 0 Å². The lowest BCUT2D eigenvalue weighted by molar-refractivity contribution is 0.180. The van der Waals surface area contributed by atoms with Crippen molar-refractivity contribution in [3.63, 3.8) is 0 Å². The van der Waals surface area contributed by atoms with Crippen LogP contribution in [0, 0.1) is 0 Å². The third kappa shape index (κ3) is 12.1. The number of aliphatic hydroxyl groups excluding tert-OH is 1. The van der Waals surface area contributed by atoms with Gasteiger partial charge in [0, 0.05) is 5.75 Å². The monoisotopic (exact) mass is 202 g/mol. The molecule has 0 aliphatic carbocycles. The van der Waals surface area contributed by atoms with Crippen molar-refractivity contribution < 1.29 is 5.11 Å². The van der Waals surface area contributed by atoms with E-state index >= 15 is 0 Å². The lowest BCUT2D eigenvalue weighted by Crippen LogP contribution is -1.98. The van der Waals surface area contributed by atoms with Crippen molar-refractivity contribution in [1.82, 2.24) is 0 Å². The molecule has 0 rings (SSSR count). The maximum atomic E-state index is 9.01. The molecular formula is C11H22OS. The summed E-state index contributed by atoms with van der Waals surface area (Å²) in [5, 5.41) is 9.01. The summed E-state index contributed by atoms with van der Waals surface area (Å²) in [4.78, 5) is 0. The van der Waals surface area contributed by atoms with Crippen LogP contribution in [0.15, 0.2) is 12.7 Å². The summed E-state index contributed by atoms with van der Waals surface area (Å²) in [6.07, 6.45) is 7.84. The minimum Gasteiger partial charge on any atom is -0.393 e. The first-order chi connectivity index (χ1) is 6.27. The van der Waals surface area contributed by atoms with Crippen molar-refractivity contribution in [3.8, 4) is 0 Å². The molecule has 78 valence electrons. The predicted octanol–water partition coefficient (Wildman–Crippen LogP) is 3.24. The van der Waals surface area contributed by atoms with Crippen LogP contribution in [-0.2, 0) is 0 Å². The van der Waals surface area contributed by atoms with E-state index in [1.807, 2.05) is 24.8 Å². The lowest BCUT2D eigenvalue weighted by Gasteiger charge is -2.03. The van der Waals surface area contributed by atoms with Gasteiger partial charge in [-0.15, -0.1) is 6.58 Å². The number of unbranched alkanes of at least 4 members (excludes halogenated alkanes) is 3. The van der Waals surface area contributed by atoms with Gasteiger partial charge in [-0.1, -0.05) is 25.3 Å². The van der Waals surface area contributed by atoms with E-state index in [0.717, 1.165) is 12.2 Å². The van der Waals surface area contributed by atoms with Crippen molar-refractivity contribution >= 4 is 11.8 Å². The van der Waals surface area contributed by atoms with Gasteiger partial charge in [0.2, 0.25) is 0 Å². The standard InChI is InChI=1S/C11H22OS/c1-3-9-13-10-7-5-4-6-8-11(2)12/h3,11-12H,1,4-10H2,2H3. The number of rotatable bonds is 9. The van der Waals surface area contributed by atoms with Gasteiger partial charge in [-0.05, 0) is 25.5 Å². The highest BCUT2D eigenvalue weighted by atomic mass is 32.2. The molecule has 0 fully saturated rings. The van der Waals surface area contributed by atoms with Crippen LogP contribution in [0.25, 0.3) is 0 Å². The molecule has 0 bridgehead atoms. The van der Waals surface area contributed by atoms with E-state index in [9.17, 15) is 0 Å². The molecule has 1 nitrogen and oxygen atoms in total. The molecule has 0 aromatic carbocycles. The number of aliphatic hydroxyl groups is 1. The van der Waals surface area contributed by atoms with Gasteiger partial charge in [0.1, 0.15) is 0 Å². The van der Waals surface area contributed by atoms with Gasteiger partial charge < -0.3 is 5.11 Å². The Hall–Kier alpha value is 0.0500. The van der Waals surface area contributed by atoms with Gasteiger partial charge in [-0.25, -0.2) is 0 Å². The first-order valence-electron chi connectivity index (χ1n) is 5.14. The van der Waals surface area contributed by atoms with E-state index < -0.39 is 0 Å². The highest BCUT2D eigenvalue weighted by molar-refractivity contribution is 7.99.